The monoisotopic (exact) mass is 309 g/mol. The van der Waals surface area contributed by atoms with Crippen LogP contribution in [-0.2, 0) is 10.2 Å². The first kappa shape index (κ1) is 16.7. The van der Waals surface area contributed by atoms with E-state index < -0.39 is 11.0 Å². The van der Waals surface area contributed by atoms with E-state index in [0.29, 0.717) is 25.9 Å². The number of nitrogens with zero attached hydrogens (tertiary/aromatic N) is 1. The van der Waals surface area contributed by atoms with Crippen molar-refractivity contribution in [2.24, 2.45) is 0 Å². The SMILES string of the molecule is CC(C)(C)OC(=O)N1CCC(CO)(c2ccc(F)cc2)CC1. The van der Waals surface area contributed by atoms with Crippen molar-refractivity contribution >= 4 is 6.09 Å². The van der Waals surface area contributed by atoms with Crippen molar-refractivity contribution in [2.45, 2.75) is 44.6 Å². The van der Waals surface area contributed by atoms with Gasteiger partial charge in [0.1, 0.15) is 11.4 Å². The molecule has 2 rings (SSSR count). The van der Waals surface area contributed by atoms with Gasteiger partial charge in [-0.15, -0.1) is 0 Å². The van der Waals surface area contributed by atoms with Gasteiger partial charge in [-0.3, -0.25) is 0 Å². The number of rotatable bonds is 2. The predicted octanol–water partition coefficient (Wildman–Crippen LogP) is 3.09. The molecule has 122 valence electrons. The summed E-state index contributed by atoms with van der Waals surface area (Å²) in [6.45, 7) is 6.54. The molecule has 1 heterocycles. The zero-order valence-electron chi connectivity index (χ0n) is 13.4. The second-order valence-corrected chi connectivity index (χ2v) is 6.91. The lowest BCUT2D eigenvalue weighted by molar-refractivity contribution is 0.0123. The third-order valence-corrected chi connectivity index (χ3v) is 4.13. The van der Waals surface area contributed by atoms with Gasteiger partial charge in [0.05, 0.1) is 6.61 Å². The van der Waals surface area contributed by atoms with E-state index in [1.54, 1.807) is 17.0 Å². The van der Waals surface area contributed by atoms with Crippen molar-refractivity contribution in [1.82, 2.24) is 4.90 Å². The Bertz CT molecular complexity index is 514. The number of amides is 1. The number of carbonyl (C=O) groups is 1. The molecule has 22 heavy (non-hydrogen) atoms. The Hall–Kier alpha value is -1.62. The molecule has 1 amide bonds. The molecule has 0 spiro atoms. The van der Waals surface area contributed by atoms with E-state index in [2.05, 4.69) is 0 Å². The van der Waals surface area contributed by atoms with Crippen molar-refractivity contribution in [3.63, 3.8) is 0 Å². The highest BCUT2D eigenvalue weighted by Crippen LogP contribution is 2.35. The quantitative estimate of drug-likeness (QED) is 0.913. The van der Waals surface area contributed by atoms with Crippen LogP contribution in [0, 0.1) is 5.82 Å². The molecule has 1 aromatic rings. The van der Waals surface area contributed by atoms with E-state index in [4.69, 9.17) is 4.74 Å². The van der Waals surface area contributed by atoms with Crippen LogP contribution in [0.5, 0.6) is 0 Å². The predicted molar refractivity (Wildman–Crippen MR) is 82.2 cm³/mol. The Morgan fingerprint density at radius 2 is 1.82 bits per heavy atom. The standard InChI is InChI=1S/C17H24FNO3/c1-16(2,3)22-15(21)19-10-8-17(12-20,9-11-19)13-4-6-14(18)7-5-13/h4-7,20H,8-12H2,1-3H3. The first-order chi connectivity index (χ1) is 10.3. The van der Waals surface area contributed by atoms with Crippen molar-refractivity contribution in [3.05, 3.63) is 35.6 Å². The first-order valence-electron chi connectivity index (χ1n) is 7.61. The van der Waals surface area contributed by atoms with E-state index in [9.17, 15) is 14.3 Å². The van der Waals surface area contributed by atoms with Gasteiger partial charge in [0, 0.05) is 18.5 Å². The summed E-state index contributed by atoms with van der Waals surface area (Å²) < 4.78 is 18.5. The van der Waals surface area contributed by atoms with E-state index in [-0.39, 0.29) is 18.5 Å². The molecular weight excluding hydrogens is 285 g/mol. The van der Waals surface area contributed by atoms with Gasteiger partial charge >= 0.3 is 6.09 Å². The fourth-order valence-corrected chi connectivity index (χ4v) is 2.79. The molecule has 1 aromatic carbocycles. The molecule has 0 saturated carbocycles. The van der Waals surface area contributed by atoms with Crippen LogP contribution in [0.4, 0.5) is 9.18 Å². The number of piperidine rings is 1. The third kappa shape index (κ3) is 3.77. The van der Waals surface area contributed by atoms with Gasteiger partial charge in [0.15, 0.2) is 0 Å². The molecule has 0 bridgehead atoms. The molecule has 0 atom stereocenters. The minimum atomic E-state index is -0.514. The number of likely N-dealkylation sites (tertiary alicyclic amines) is 1. The summed E-state index contributed by atoms with van der Waals surface area (Å²) in [5, 5.41) is 9.85. The lowest BCUT2D eigenvalue weighted by atomic mass is 9.73. The van der Waals surface area contributed by atoms with Crippen LogP contribution in [0.3, 0.4) is 0 Å². The Morgan fingerprint density at radius 3 is 2.27 bits per heavy atom. The van der Waals surface area contributed by atoms with E-state index >= 15 is 0 Å². The number of carbonyl (C=O) groups excluding carboxylic acids is 1. The Kier molecular flexibility index (Phi) is 4.75. The summed E-state index contributed by atoms with van der Waals surface area (Å²) in [5.41, 5.74) is -0.00795. The van der Waals surface area contributed by atoms with Gasteiger partial charge in [-0.2, -0.15) is 0 Å². The van der Waals surface area contributed by atoms with Gasteiger partial charge in [0.2, 0.25) is 0 Å². The maximum Gasteiger partial charge on any atom is 0.410 e. The Labute approximate surface area is 130 Å². The average Bonchev–Trinajstić information content (AvgIpc) is 2.46. The summed E-state index contributed by atoms with van der Waals surface area (Å²) in [6, 6.07) is 6.25. The van der Waals surface area contributed by atoms with Crippen LogP contribution in [0.15, 0.2) is 24.3 Å². The van der Waals surface area contributed by atoms with E-state index in [1.807, 2.05) is 20.8 Å². The number of aliphatic hydroxyl groups excluding tert-OH is 1. The molecule has 0 unspecified atom stereocenters. The normalized spacial score (nSPS) is 18.1. The van der Waals surface area contributed by atoms with Crippen LogP contribution in [0.1, 0.15) is 39.2 Å². The number of hydrogen-bond acceptors (Lipinski definition) is 3. The molecule has 1 aliphatic heterocycles. The zero-order chi connectivity index (χ0) is 16.4. The Morgan fingerprint density at radius 1 is 1.27 bits per heavy atom. The molecule has 1 aliphatic rings. The van der Waals surface area contributed by atoms with Crippen molar-refractivity contribution in [3.8, 4) is 0 Å². The zero-order valence-corrected chi connectivity index (χ0v) is 13.4. The number of benzene rings is 1. The summed E-state index contributed by atoms with van der Waals surface area (Å²) in [6.07, 6.45) is 0.945. The molecule has 4 nitrogen and oxygen atoms in total. The van der Waals surface area contributed by atoms with Gasteiger partial charge in [0.25, 0.3) is 0 Å². The lowest BCUT2D eigenvalue weighted by Crippen LogP contribution is -2.48. The lowest BCUT2D eigenvalue weighted by Gasteiger charge is -2.41. The van der Waals surface area contributed by atoms with Crippen molar-refractivity contribution in [2.75, 3.05) is 19.7 Å². The van der Waals surface area contributed by atoms with Crippen LogP contribution in [0.2, 0.25) is 0 Å². The van der Waals surface area contributed by atoms with E-state index in [0.717, 1.165) is 5.56 Å². The number of ether oxygens (including phenoxy) is 1. The van der Waals surface area contributed by atoms with Crippen LogP contribution in [0.25, 0.3) is 0 Å². The largest absolute Gasteiger partial charge is 0.444 e. The van der Waals surface area contributed by atoms with Gasteiger partial charge in [-0.1, -0.05) is 12.1 Å². The topological polar surface area (TPSA) is 49.8 Å². The maximum atomic E-state index is 13.1. The van der Waals surface area contributed by atoms with Gasteiger partial charge in [-0.25, -0.2) is 9.18 Å². The van der Waals surface area contributed by atoms with Crippen LogP contribution < -0.4 is 0 Å². The van der Waals surface area contributed by atoms with Gasteiger partial charge in [-0.05, 0) is 51.3 Å². The molecule has 0 aliphatic carbocycles. The number of aliphatic hydroxyl groups is 1. The average molecular weight is 309 g/mol. The highest BCUT2D eigenvalue weighted by Gasteiger charge is 2.38. The van der Waals surface area contributed by atoms with Crippen LogP contribution in [-0.4, -0.2) is 41.4 Å². The summed E-state index contributed by atoms with van der Waals surface area (Å²) in [4.78, 5) is 13.8. The highest BCUT2D eigenvalue weighted by molar-refractivity contribution is 5.68. The number of hydrogen-bond donors (Lipinski definition) is 1. The third-order valence-electron chi connectivity index (χ3n) is 4.13. The summed E-state index contributed by atoms with van der Waals surface area (Å²) in [7, 11) is 0. The number of halogens is 1. The molecule has 0 radical (unpaired) electrons. The highest BCUT2D eigenvalue weighted by atomic mass is 19.1. The van der Waals surface area contributed by atoms with Crippen molar-refractivity contribution in [1.29, 1.82) is 0 Å². The molecule has 1 fully saturated rings. The second kappa shape index (κ2) is 6.24. The summed E-state index contributed by atoms with van der Waals surface area (Å²) in [5.74, 6) is -0.289. The fraction of sp³-hybridized carbons (Fsp3) is 0.588. The maximum absolute atomic E-state index is 13.1. The minimum Gasteiger partial charge on any atom is -0.444 e. The molecule has 1 saturated heterocycles. The van der Waals surface area contributed by atoms with Gasteiger partial charge < -0.3 is 14.7 Å². The Balaban J connectivity index is 2.05. The minimum absolute atomic E-state index is 0.0131. The fourth-order valence-electron chi connectivity index (χ4n) is 2.79. The van der Waals surface area contributed by atoms with Crippen molar-refractivity contribution < 1.29 is 19.0 Å². The summed E-state index contributed by atoms with van der Waals surface area (Å²) >= 11 is 0. The first-order valence-corrected chi connectivity index (χ1v) is 7.61. The molecule has 1 N–H and O–H groups in total. The molecule has 5 heteroatoms. The molecular formula is C17H24FNO3. The van der Waals surface area contributed by atoms with Crippen LogP contribution >= 0.6 is 0 Å². The smallest absolute Gasteiger partial charge is 0.410 e. The second-order valence-electron chi connectivity index (χ2n) is 6.91. The molecule has 0 aromatic heterocycles. The van der Waals surface area contributed by atoms with E-state index in [1.165, 1.54) is 12.1 Å².